The van der Waals surface area contributed by atoms with Gasteiger partial charge in [0.05, 0.1) is 6.20 Å². The molecule has 0 aliphatic rings. The number of aromatic nitrogens is 4. The van der Waals surface area contributed by atoms with Crippen LogP contribution in [-0.4, -0.2) is 63.7 Å². The van der Waals surface area contributed by atoms with Gasteiger partial charge in [0, 0.05) is 55.0 Å². The minimum atomic E-state index is -0.568. The fourth-order valence-electron chi connectivity index (χ4n) is 5.24. The molecule has 0 spiro atoms. The number of H-pyrrole nitrogens is 3. The standard InChI is InChI=1S/C38H39ClN8O6/c1-6-23-8-10-24(11-9-23)21(3)53-31-18-28(34(48)41-7-2)45-33(31)37(51)42-17-16-27-20-43-38(44-27)47-35(49)29-19-30(32(46-29)36(50)40-5)52-22(4)25-12-14-26(39)15-13-25/h1,8-15,18-22,45-46H,7,16-17H2,2-5H3,(H,40,50)(H,41,48)(H,42,51)(H2,43,44,47,49). The molecule has 0 bridgehead atoms. The van der Waals surface area contributed by atoms with Gasteiger partial charge in [-0.15, -0.1) is 6.42 Å². The molecule has 0 saturated heterocycles. The van der Waals surface area contributed by atoms with Crippen molar-refractivity contribution >= 4 is 41.2 Å². The highest BCUT2D eigenvalue weighted by Gasteiger charge is 2.24. The first-order valence-corrected chi connectivity index (χ1v) is 17.1. The van der Waals surface area contributed by atoms with Gasteiger partial charge >= 0.3 is 0 Å². The number of carbonyl (C=O) groups excluding carboxylic acids is 4. The highest BCUT2D eigenvalue weighted by atomic mass is 35.5. The Bertz CT molecular complexity index is 2130. The lowest BCUT2D eigenvalue weighted by atomic mass is 10.1. The van der Waals surface area contributed by atoms with Crippen molar-refractivity contribution in [3.8, 4) is 23.8 Å². The molecule has 0 aliphatic heterocycles. The van der Waals surface area contributed by atoms with Gasteiger partial charge in [0.2, 0.25) is 5.95 Å². The molecule has 7 N–H and O–H groups in total. The number of amides is 4. The molecule has 15 heteroatoms. The van der Waals surface area contributed by atoms with Crippen molar-refractivity contribution in [2.24, 2.45) is 0 Å². The van der Waals surface area contributed by atoms with Gasteiger partial charge in [0.1, 0.15) is 35.0 Å². The Hall–Kier alpha value is -6.46. The van der Waals surface area contributed by atoms with Crippen molar-refractivity contribution in [2.45, 2.75) is 39.4 Å². The fraction of sp³-hybridized carbons (Fsp3) is 0.237. The summed E-state index contributed by atoms with van der Waals surface area (Å²) in [5.41, 5.74) is 3.42. The maximum Gasteiger partial charge on any atom is 0.274 e. The number of anilines is 1. The van der Waals surface area contributed by atoms with Gasteiger partial charge in [-0.1, -0.05) is 41.8 Å². The van der Waals surface area contributed by atoms with E-state index < -0.39 is 29.9 Å². The average molecular weight is 739 g/mol. The van der Waals surface area contributed by atoms with Gasteiger partial charge in [-0.25, -0.2) is 4.98 Å². The predicted octanol–water partition coefficient (Wildman–Crippen LogP) is 5.31. The second-order valence-corrected chi connectivity index (χ2v) is 12.3. The molecule has 0 saturated carbocycles. The molecular weight excluding hydrogens is 700 g/mol. The average Bonchev–Trinajstić information content (AvgIpc) is 3.91. The van der Waals surface area contributed by atoms with Crippen LogP contribution >= 0.6 is 11.6 Å². The van der Waals surface area contributed by atoms with Gasteiger partial charge in [-0.3, -0.25) is 24.5 Å². The first-order chi connectivity index (χ1) is 25.5. The second-order valence-electron chi connectivity index (χ2n) is 11.8. The fourth-order valence-corrected chi connectivity index (χ4v) is 5.37. The van der Waals surface area contributed by atoms with E-state index in [-0.39, 0.29) is 52.7 Å². The van der Waals surface area contributed by atoms with E-state index in [4.69, 9.17) is 27.5 Å². The summed E-state index contributed by atoms with van der Waals surface area (Å²) >= 11 is 6.00. The Kier molecular flexibility index (Phi) is 12.2. The van der Waals surface area contributed by atoms with Crippen molar-refractivity contribution in [3.05, 3.63) is 117 Å². The van der Waals surface area contributed by atoms with Crippen molar-refractivity contribution in [3.63, 3.8) is 0 Å². The number of rotatable bonds is 15. The number of aromatic amines is 3. The Morgan fingerprint density at radius 2 is 1.38 bits per heavy atom. The lowest BCUT2D eigenvalue weighted by molar-refractivity contribution is 0.0935. The van der Waals surface area contributed by atoms with E-state index in [1.54, 1.807) is 31.2 Å². The highest BCUT2D eigenvalue weighted by Crippen LogP contribution is 2.29. The molecule has 5 aromatic rings. The maximum atomic E-state index is 13.3. The summed E-state index contributed by atoms with van der Waals surface area (Å²) in [5.74, 6) is 1.23. The van der Waals surface area contributed by atoms with Crippen LogP contribution in [0.5, 0.6) is 11.5 Å². The molecule has 3 heterocycles. The van der Waals surface area contributed by atoms with Crippen LogP contribution in [0.3, 0.4) is 0 Å². The van der Waals surface area contributed by atoms with Gasteiger partial charge < -0.3 is 40.4 Å². The minimum absolute atomic E-state index is 0.0713. The van der Waals surface area contributed by atoms with E-state index in [1.165, 1.54) is 25.4 Å². The summed E-state index contributed by atoms with van der Waals surface area (Å²) in [6.07, 6.45) is 6.42. The normalized spacial score (nSPS) is 11.8. The lowest BCUT2D eigenvalue weighted by Crippen LogP contribution is -2.27. The molecule has 3 aromatic heterocycles. The molecular formula is C38H39ClN8O6. The number of nitrogens with zero attached hydrogens (tertiary/aromatic N) is 1. The third-order valence-electron chi connectivity index (χ3n) is 8.10. The quantitative estimate of drug-likeness (QED) is 0.0707. The van der Waals surface area contributed by atoms with Crippen LogP contribution in [-0.2, 0) is 6.42 Å². The zero-order chi connectivity index (χ0) is 38.1. The SMILES string of the molecule is C#Cc1ccc(C(C)Oc2cc(C(=O)NCC)[nH]c2C(=O)NCCc2cnc(NC(=O)c3cc(OC(C)c4ccc(Cl)cc4)c(C(=O)NC)[nH]3)[nH]2)cc1. The summed E-state index contributed by atoms with van der Waals surface area (Å²) in [5, 5.41) is 11.3. The number of ether oxygens (including phenoxy) is 2. The van der Waals surface area contributed by atoms with Crippen LogP contribution in [0.25, 0.3) is 0 Å². The van der Waals surface area contributed by atoms with Crippen LogP contribution in [0, 0.1) is 12.3 Å². The van der Waals surface area contributed by atoms with Gasteiger partial charge in [0.15, 0.2) is 11.5 Å². The van der Waals surface area contributed by atoms with Crippen LogP contribution in [0.2, 0.25) is 5.02 Å². The van der Waals surface area contributed by atoms with Crippen molar-refractivity contribution in [2.75, 3.05) is 25.5 Å². The first-order valence-electron chi connectivity index (χ1n) is 16.7. The van der Waals surface area contributed by atoms with E-state index in [0.717, 1.165) is 16.7 Å². The number of benzene rings is 2. The third kappa shape index (κ3) is 9.46. The van der Waals surface area contributed by atoms with E-state index in [0.29, 0.717) is 23.7 Å². The summed E-state index contributed by atoms with van der Waals surface area (Å²) in [7, 11) is 1.47. The molecule has 0 aliphatic carbocycles. The number of hydrogen-bond acceptors (Lipinski definition) is 7. The van der Waals surface area contributed by atoms with Crippen molar-refractivity contribution < 1.29 is 28.7 Å². The Balaban J connectivity index is 1.21. The van der Waals surface area contributed by atoms with Gasteiger partial charge in [-0.05, 0) is 56.2 Å². The summed E-state index contributed by atoms with van der Waals surface area (Å²) in [4.78, 5) is 64.6. The van der Waals surface area contributed by atoms with Crippen LogP contribution in [0.1, 0.15) is 97.3 Å². The van der Waals surface area contributed by atoms with Crippen LogP contribution in [0.4, 0.5) is 5.95 Å². The molecule has 14 nitrogen and oxygen atoms in total. The van der Waals surface area contributed by atoms with E-state index in [2.05, 4.69) is 47.1 Å². The molecule has 0 fully saturated rings. The maximum absolute atomic E-state index is 13.3. The Morgan fingerprint density at radius 3 is 1.94 bits per heavy atom. The van der Waals surface area contributed by atoms with Crippen molar-refractivity contribution in [1.82, 2.24) is 35.9 Å². The number of carbonyl (C=O) groups is 4. The van der Waals surface area contributed by atoms with E-state index >= 15 is 0 Å². The van der Waals surface area contributed by atoms with Gasteiger partial charge in [0.25, 0.3) is 23.6 Å². The number of halogens is 1. The molecule has 0 radical (unpaired) electrons. The van der Waals surface area contributed by atoms with E-state index in [9.17, 15) is 19.2 Å². The largest absolute Gasteiger partial charge is 0.484 e. The molecule has 53 heavy (non-hydrogen) atoms. The Morgan fingerprint density at radius 1 is 0.811 bits per heavy atom. The number of hydrogen-bond donors (Lipinski definition) is 7. The zero-order valence-electron chi connectivity index (χ0n) is 29.5. The summed E-state index contributed by atoms with van der Waals surface area (Å²) in [6.45, 7) is 6.02. The lowest BCUT2D eigenvalue weighted by Gasteiger charge is -2.15. The summed E-state index contributed by atoms with van der Waals surface area (Å²) < 4.78 is 12.2. The molecule has 274 valence electrons. The molecule has 5 rings (SSSR count). The molecule has 2 atom stereocenters. The number of terminal acetylenes is 1. The molecule has 4 amide bonds. The molecule has 2 unspecified atom stereocenters. The van der Waals surface area contributed by atoms with Gasteiger partial charge in [-0.2, -0.15) is 0 Å². The smallest absolute Gasteiger partial charge is 0.274 e. The second kappa shape index (κ2) is 17.2. The van der Waals surface area contributed by atoms with Crippen LogP contribution < -0.4 is 30.7 Å². The van der Waals surface area contributed by atoms with Crippen molar-refractivity contribution in [1.29, 1.82) is 0 Å². The number of imidazole rings is 1. The topological polar surface area (TPSA) is 195 Å². The third-order valence-corrected chi connectivity index (χ3v) is 8.36. The monoisotopic (exact) mass is 738 g/mol. The predicted molar refractivity (Wildman–Crippen MR) is 199 cm³/mol. The molecule has 2 aromatic carbocycles. The zero-order valence-corrected chi connectivity index (χ0v) is 30.2. The van der Waals surface area contributed by atoms with E-state index in [1.807, 2.05) is 38.1 Å². The minimum Gasteiger partial charge on any atom is -0.484 e. The Labute approximate surface area is 310 Å². The number of nitrogens with one attached hydrogen (secondary N) is 7. The van der Waals surface area contributed by atoms with Crippen LogP contribution in [0.15, 0.2) is 66.9 Å². The highest BCUT2D eigenvalue weighted by molar-refractivity contribution is 6.30. The first kappa shape index (κ1) is 37.8. The summed E-state index contributed by atoms with van der Waals surface area (Å²) in [6, 6.07) is 17.3.